The van der Waals surface area contributed by atoms with Crippen LogP contribution in [0.2, 0.25) is 4.34 Å². The molecule has 1 aromatic rings. The van der Waals surface area contributed by atoms with Crippen molar-refractivity contribution in [3.8, 4) is 0 Å². The fourth-order valence-electron chi connectivity index (χ4n) is 1.25. The van der Waals surface area contributed by atoms with E-state index < -0.39 is 11.7 Å². The van der Waals surface area contributed by atoms with Crippen molar-refractivity contribution in [2.45, 2.75) is 39.7 Å². The second-order valence-electron chi connectivity index (χ2n) is 4.96. The van der Waals surface area contributed by atoms with Crippen LogP contribution < -0.4 is 5.32 Å². The first-order valence-electron chi connectivity index (χ1n) is 5.82. The molecule has 1 aromatic heterocycles. The van der Waals surface area contributed by atoms with E-state index in [9.17, 15) is 9.59 Å². The maximum Gasteiger partial charge on any atom is 0.407 e. The number of ether oxygens (including phenoxy) is 1. The molecule has 0 saturated carbocycles. The average molecular weight is 305 g/mol. The lowest BCUT2D eigenvalue weighted by Gasteiger charge is -2.19. The molecule has 0 unspecified atom stereocenters. The molecular weight excluding hydrogens is 288 g/mol. The third kappa shape index (κ3) is 5.57. The minimum absolute atomic E-state index is 0.160. The number of amides is 1. The SMILES string of the molecule is CC(=O)c1nc(CCNC(=O)OC(C)(C)C)sc1Cl. The van der Waals surface area contributed by atoms with Gasteiger partial charge in [-0.25, -0.2) is 9.78 Å². The summed E-state index contributed by atoms with van der Waals surface area (Å²) >= 11 is 7.14. The Morgan fingerprint density at radius 3 is 2.53 bits per heavy atom. The van der Waals surface area contributed by atoms with E-state index >= 15 is 0 Å². The number of hydrogen-bond acceptors (Lipinski definition) is 5. The molecule has 7 heteroatoms. The summed E-state index contributed by atoms with van der Waals surface area (Å²) in [6.07, 6.45) is 0.0404. The molecular formula is C12H17ClN2O3S. The minimum atomic E-state index is -0.517. The normalized spacial score (nSPS) is 11.2. The van der Waals surface area contributed by atoms with Crippen LogP contribution in [0.15, 0.2) is 0 Å². The van der Waals surface area contributed by atoms with Crippen LogP contribution in [0, 0.1) is 0 Å². The number of hydrogen-bond donors (Lipinski definition) is 1. The molecule has 0 radical (unpaired) electrons. The Balaban J connectivity index is 2.44. The number of carbonyl (C=O) groups excluding carboxylic acids is 2. The highest BCUT2D eigenvalue weighted by Crippen LogP contribution is 2.24. The third-order valence-electron chi connectivity index (χ3n) is 1.97. The Bertz CT molecular complexity index is 480. The van der Waals surface area contributed by atoms with Gasteiger partial charge in [0.2, 0.25) is 0 Å². The smallest absolute Gasteiger partial charge is 0.407 e. The van der Waals surface area contributed by atoms with Gasteiger partial charge < -0.3 is 10.1 Å². The predicted molar refractivity (Wildman–Crippen MR) is 75.1 cm³/mol. The van der Waals surface area contributed by atoms with Crippen molar-refractivity contribution >= 4 is 34.8 Å². The molecule has 0 atom stereocenters. The van der Waals surface area contributed by atoms with E-state index in [2.05, 4.69) is 10.3 Å². The monoisotopic (exact) mass is 304 g/mol. The molecule has 0 bridgehead atoms. The molecule has 0 aliphatic rings. The number of rotatable bonds is 4. The van der Waals surface area contributed by atoms with Crippen molar-refractivity contribution < 1.29 is 14.3 Å². The van der Waals surface area contributed by atoms with Gasteiger partial charge in [-0.1, -0.05) is 11.6 Å². The Hall–Kier alpha value is -1.14. The van der Waals surface area contributed by atoms with Crippen molar-refractivity contribution in [1.29, 1.82) is 0 Å². The zero-order chi connectivity index (χ0) is 14.6. The highest BCUT2D eigenvalue weighted by molar-refractivity contribution is 7.16. The van der Waals surface area contributed by atoms with E-state index in [4.69, 9.17) is 16.3 Å². The van der Waals surface area contributed by atoms with Crippen LogP contribution in [-0.2, 0) is 11.2 Å². The second kappa shape index (κ2) is 6.34. The van der Waals surface area contributed by atoms with Crippen LogP contribution in [0.25, 0.3) is 0 Å². The molecule has 5 nitrogen and oxygen atoms in total. The summed E-state index contributed by atoms with van der Waals surface area (Å²) in [7, 11) is 0. The Labute approximate surface area is 121 Å². The molecule has 106 valence electrons. The zero-order valence-electron chi connectivity index (χ0n) is 11.4. The minimum Gasteiger partial charge on any atom is -0.444 e. The summed E-state index contributed by atoms with van der Waals surface area (Å²) in [5.74, 6) is -0.160. The average Bonchev–Trinajstić information content (AvgIpc) is 2.57. The summed E-state index contributed by atoms with van der Waals surface area (Å²) in [6.45, 7) is 7.20. The second-order valence-corrected chi connectivity index (χ2v) is 6.65. The van der Waals surface area contributed by atoms with E-state index in [1.54, 1.807) is 20.8 Å². The predicted octanol–water partition coefficient (Wildman–Crippen LogP) is 3.07. The summed E-state index contributed by atoms with van der Waals surface area (Å²) in [5.41, 5.74) is -0.227. The maximum atomic E-state index is 11.4. The molecule has 1 N–H and O–H groups in total. The molecule has 19 heavy (non-hydrogen) atoms. The van der Waals surface area contributed by atoms with E-state index in [-0.39, 0.29) is 5.78 Å². The topological polar surface area (TPSA) is 68.3 Å². The Morgan fingerprint density at radius 1 is 1.42 bits per heavy atom. The number of halogens is 1. The summed E-state index contributed by atoms with van der Waals surface area (Å²) in [5, 5.41) is 3.34. The van der Waals surface area contributed by atoms with Crippen LogP contribution in [0.5, 0.6) is 0 Å². The van der Waals surface area contributed by atoms with Gasteiger partial charge in [-0.15, -0.1) is 11.3 Å². The Morgan fingerprint density at radius 2 is 2.05 bits per heavy atom. The molecule has 0 saturated heterocycles. The number of thiazole rings is 1. The van der Waals surface area contributed by atoms with Gasteiger partial charge in [0.25, 0.3) is 0 Å². The van der Waals surface area contributed by atoms with Gasteiger partial charge in [0.15, 0.2) is 5.78 Å². The molecule has 1 amide bonds. The first-order chi connectivity index (χ1) is 8.69. The zero-order valence-corrected chi connectivity index (χ0v) is 12.9. The van der Waals surface area contributed by atoms with Crippen LogP contribution in [0.4, 0.5) is 4.79 Å². The van der Waals surface area contributed by atoms with Crippen LogP contribution >= 0.6 is 22.9 Å². The fourth-order valence-corrected chi connectivity index (χ4v) is 2.53. The van der Waals surface area contributed by atoms with Crippen LogP contribution in [-0.4, -0.2) is 29.0 Å². The fraction of sp³-hybridized carbons (Fsp3) is 0.583. The number of ketones is 1. The standard InChI is InChI=1S/C12H17ClN2O3S/c1-7(16)9-10(13)19-8(15-9)5-6-14-11(17)18-12(2,3)4/h5-6H2,1-4H3,(H,14,17). The Kier molecular flexibility index (Phi) is 5.31. The molecule has 0 aliphatic heterocycles. The van der Waals surface area contributed by atoms with Crippen molar-refractivity contribution in [2.24, 2.45) is 0 Å². The van der Waals surface area contributed by atoms with E-state index in [0.29, 0.717) is 28.0 Å². The van der Waals surface area contributed by atoms with Crippen LogP contribution in [0.1, 0.15) is 43.2 Å². The highest BCUT2D eigenvalue weighted by atomic mass is 35.5. The lowest BCUT2D eigenvalue weighted by molar-refractivity contribution is 0.0528. The third-order valence-corrected chi connectivity index (χ3v) is 3.28. The van der Waals surface area contributed by atoms with E-state index in [1.165, 1.54) is 18.3 Å². The first kappa shape index (κ1) is 15.9. The van der Waals surface area contributed by atoms with Gasteiger partial charge in [-0.05, 0) is 20.8 Å². The molecule has 0 aliphatic carbocycles. The number of alkyl carbamates (subject to hydrolysis) is 1. The van der Waals surface area contributed by atoms with Gasteiger partial charge in [-0.3, -0.25) is 4.79 Å². The van der Waals surface area contributed by atoms with Gasteiger partial charge in [0, 0.05) is 19.9 Å². The van der Waals surface area contributed by atoms with E-state index in [0.717, 1.165) is 0 Å². The molecule has 1 rings (SSSR count). The summed E-state index contributed by atoms with van der Waals surface area (Å²) in [4.78, 5) is 26.7. The number of carbonyl (C=O) groups is 2. The number of nitrogens with zero attached hydrogens (tertiary/aromatic N) is 1. The molecule has 1 heterocycles. The molecule has 0 aromatic carbocycles. The van der Waals surface area contributed by atoms with Gasteiger partial charge in [0.05, 0.1) is 5.01 Å². The lowest BCUT2D eigenvalue weighted by atomic mass is 10.2. The van der Waals surface area contributed by atoms with Crippen molar-refractivity contribution in [3.05, 3.63) is 15.0 Å². The summed E-state index contributed by atoms with van der Waals surface area (Å²) < 4.78 is 5.48. The number of aromatic nitrogens is 1. The number of nitrogens with one attached hydrogen (secondary N) is 1. The number of Topliss-reactive ketones (excluding diaryl/α,β-unsaturated/α-hetero) is 1. The molecule has 0 spiro atoms. The summed E-state index contributed by atoms with van der Waals surface area (Å²) in [6, 6.07) is 0. The maximum absolute atomic E-state index is 11.4. The molecule has 0 fully saturated rings. The van der Waals surface area contributed by atoms with Gasteiger partial charge in [-0.2, -0.15) is 0 Å². The highest BCUT2D eigenvalue weighted by Gasteiger charge is 2.16. The quantitative estimate of drug-likeness (QED) is 0.868. The first-order valence-corrected chi connectivity index (χ1v) is 7.01. The van der Waals surface area contributed by atoms with Crippen molar-refractivity contribution in [2.75, 3.05) is 6.54 Å². The van der Waals surface area contributed by atoms with Crippen LogP contribution in [0.3, 0.4) is 0 Å². The van der Waals surface area contributed by atoms with Crippen molar-refractivity contribution in [1.82, 2.24) is 10.3 Å². The van der Waals surface area contributed by atoms with E-state index in [1.807, 2.05) is 0 Å². The lowest BCUT2D eigenvalue weighted by Crippen LogP contribution is -2.33. The van der Waals surface area contributed by atoms with Gasteiger partial charge >= 0.3 is 6.09 Å². The van der Waals surface area contributed by atoms with Crippen molar-refractivity contribution in [3.63, 3.8) is 0 Å². The van der Waals surface area contributed by atoms with Gasteiger partial charge in [0.1, 0.15) is 15.6 Å². The largest absolute Gasteiger partial charge is 0.444 e.